The number of carboxylic acids is 1. The largest absolute Gasteiger partial charge is 0.545 e. The molecule has 2 aromatic rings. The highest BCUT2D eigenvalue weighted by molar-refractivity contribution is 6.76. The fraction of sp³-hybridized carbons (Fsp3) is 0.296. The van der Waals surface area contributed by atoms with Gasteiger partial charge in [0.25, 0.3) is 0 Å². The number of hydrogen-bond donors (Lipinski definition) is 1. The Kier molecular flexibility index (Phi) is 8.07. The highest BCUT2D eigenvalue weighted by Crippen LogP contribution is 2.43. The van der Waals surface area contributed by atoms with Crippen LogP contribution in [0.5, 0.6) is 0 Å². The van der Waals surface area contributed by atoms with Gasteiger partial charge in [0, 0.05) is 30.9 Å². The van der Waals surface area contributed by atoms with Gasteiger partial charge in [-0.3, -0.25) is 0 Å². The Bertz CT molecular complexity index is 1350. The first kappa shape index (κ1) is 28.5. The van der Waals surface area contributed by atoms with Gasteiger partial charge in [0.15, 0.2) is 0 Å². The summed E-state index contributed by atoms with van der Waals surface area (Å²) in [5.74, 6) is -4.03. The van der Waals surface area contributed by atoms with E-state index in [9.17, 15) is 27.9 Å². The lowest BCUT2D eigenvalue weighted by Crippen LogP contribution is -2.42. The predicted molar refractivity (Wildman–Crippen MR) is 136 cm³/mol. The maximum Gasteiger partial charge on any atom is 0.416 e. The third-order valence-electron chi connectivity index (χ3n) is 6.15. The van der Waals surface area contributed by atoms with Crippen LogP contribution in [-0.2, 0) is 20.5 Å². The fourth-order valence-electron chi connectivity index (χ4n) is 4.18. The van der Waals surface area contributed by atoms with Crippen LogP contribution >= 0.6 is 0 Å². The lowest BCUT2D eigenvalue weighted by atomic mass is 9.80. The van der Waals surface area contributed by atoms with E-state index >= 15 is 0 Å². The highest BCUT2D eigenvalue weighted by Gasteiger charge is 2.40. The molecule has 1 aliphatic rings. The summed E-state index contributed by atoms with van der Waals surface area (Å²) < 4.78 is 45.9. The van der Waals surface area contributed by atoms with Crippen molar-refractivity contribution in [1.29, 1.82) is 5.26 Å². The van der Waals surface area contributed by atoms with Crippen molar-refractivity contribution < 1.29 is 32.6 Å². The molecule has 1 aliphatic heterocycles. The minimum atomic E-state index is -4.66. The number of carbonyl (C=O) groups is 2. The van der Waals surface area contributed by atoms with E-state index in [1.165, 1.54) is 37.3 Å². The first-order valence-electron chi connectivity index (χ1n) is 11.7. The van der Waals surface area contributed by atoms with Gasteiger partial charge < -0.3 is 25.3 Å². The van der Waals surface area contributed by atoms with E-state index < -0.39 is 37.7 Å². The van der Waals surface area contributed by atoms with E-state index in [0.717, 1.165) is 23.1 Å². The first-order chi connectivity index (χ1) is 17.7. The van der Waals surface area contributed by atoms with Crippen molar-refractivity contribution in [2.24, 2.45) is 5.73 Å². The van der Waals surface area contributed by atoms with Crippen LogP contribution in [0.4, 0.5) is 18.9 Å². The molecule has 11 heteroatoms. The van der Waals surface area contributed by atoms with Gasteiger partial charge >= 0.3 is 12.1 Å². The number of ether oxygens (including phenoxy) is 1. The molecule has 0 aromatic heterocycles. The summed E-state index contributed by atoms with van der Waals surface area (Å²) >= 11 is 0. The molecular weight excluding hydrogens is 515 g/mol. The molecule has 0 aliphatic carbocycles. The zero-order chi connectivity index (χ0) is 28.4. The molecule has 0 saturated carbocycles. The van der Waals surface area contributed by atoms with Gasteiger partial charge in [0.1, 0.15) is 5.82 Å². The molecule has 3 rings (SSSR count). The first-order valence-corrected chi connectivity index (χ1v) is 15.4. The van der Waals surface area contributed by atoms with E-state index in [2.05, 4.69) is 19.6 Å². The number of hydrogen-bond acceptors (Lipinski definition) is 7. The van der Waals surface area contributed by atoms with Crippen LogP contribution in [0.2, 0.25) is 25.7 Å². The van der Waals surface area contributed by atoms with Crippen molar-refractivity contribution in [3.05, 3.63) is 87.9 Å². The summed E-state index contributed by atoms with van der Waals surface area (Å²) in [5.41, 5.74) is 5.39. The van der Waals surface area contributed by atoms with Crippen molar-refractivity contribution in [3.8, 4) is 6.07 Å². The Morgan fingerprint density at radius 1 is 1.13 bits per heavy atom. The second kappa shape index (κ2) is 10.7. The van der Waals surface area contributed by atoms with Gasteiger partial charge in [-0.05, 0) is 48.9 Å². The fourth-order valence-corrected chi connectivity index (χ4v) is 4.89. The molecule has 0 spiro atoms. The summed E-state index contributed by atoms with van der Waals surface area (Å²) in [5, 5.41) is 21.6. The number of halogens is 3. The number of anilines is 1. The summed E-state index contributed by atoms with van der Waals surface area (Å²) in [4.78, 5) is 27.0. The summed E-state index contributed by atoms with van der Waals surface area (Å²) in [6.45, 7) is 7.71. The molecule has 0 radical (unpaired) electrons. The van der Waals surface area contributed by atoms with E-state index in [4.69, 9.17) is 15.7 Å². The third kappa shape index (κ3) is 6.08. The van der Waals surface area contributed by atoms with Gasteiger partial charge in [0.2, 0.25) is 0 Å². The molecule has 2 aromatic carbocycles. The molecule has 0 fully saturated rings. The Morgan fingerprint density at radius 3 is 2.29 bits per heavy atom. The minimum Gasteiger partial charge on any atom is -0.545 e. The molecule has 2 N–H and O–H groups in total. The third-order valence-corrected chi connectivity index (χ3v) is 7.85. The Hall–Kier alpha value is -4.04. The lowest BCUT2D eigenvalue weighted by Gasteiger charge is -2.38. The number of allylic oxidation sites excluding steroid dienone is 1. The van der Waals surface area contributed by atoms with Gasteiger partial charge in [-0.2, -0.15) is 18.4 Å². The number of carboxylic acid groups (broad SMARTS) is 1. The minimum absolute atomic E-state index is 0.0187. The van der Waals surface area contributed by atoms with Gasteiger partial charge in [0.05, 0.1) is 35.3 Å². The number of esters is 1. The number of rotatable bonds is 7. The Balaban J connectivity index is 2.24. The quantitative estimate of drug-likeness (QED) is 0.410. The smallest absolute Gasteiger partial charge is 0.416 e. The Morgan fingerprint density at radius 2 is 1.76 bits per heavy atom. The number of nitrogens with two attached hydrogens (primary N) is 1. The molecular formula is C27H27F3N3O4Si-. The lowest BCUT2D eigenvalue weighted by molar-refractivity contribution is -0.299. The van der Waals surface area contributed by atoms with Crippen LogP contribution in [-0.4, -0.2) is 26.6 Å². The van der Waals surface area contributed by atoms with E-state index in [1.807, 2.05) is 6.07 Å². The average Bonchev–Trinajstić information content (AvgIpc) is 2.82. The second-order valence-corrected chi connectivity index (χ2v) is 15.7. The number of benzene rings is 2. The molecule has 1 heterocycles. The number of alkyl halides is 3. The van der Waals surface area contributed by atoms with Crippen molar-refractivity contribution in [2.75, 3.05) is 11.5 Å². The van der Waals surface area contributed by atoms with Crippen molar-refractivity contribution >= 4 is 25.7 Å². The molecule has 0 saturated heterocycles. The monoisotopic (exact) mass is 542 g/mol. The molecule has 1 atom stereocenters. The standard InChI is InChI=1S/C27H28F3N3O4Si/c1-16-21(25(34)35)22(18-10-8-17(15-31)9-11-18)23(26(36)37-12-13-38(2,3)4)24(32)33(16)20-7-5-6-19(14-20)27(28,29)30/h5-11,14,22H,12-13,32H2,1-4H3,(H,34,35)/p-1. The van der Waals surface area contributed by atoms with E-state index in [-0.39, 0.29) is 35.0 Å². The number of aliphatic carboxylic acids is 1. The van der Waals surface area contributed by atoms with Crippen LogP contribution in [0.3, 0.4) is 0 Å². The zero-order valence-corrected chi connectivity index (χ0v) is 22.3. The van der Waals surface area contributed by atoms with Crippen LogP contribution in [0, 0.1) is 11.3 Å². The average molecular weight is 543 g/mol. The summed E-state index contributed by atoms with van der Waals surface area (Å²) in [6.07, 6.45) is -4.66. The van der Waals surface area contributed by atoms with Gasteiger partial charge in [-0.25, -0.2) is 4.79 Å². The van der Waals surface area contributed by atoms with Gasteiger partial charge in [-0.1, -0.05) is 37.8 Å². The number of nitriles is 1. The van der Waals surface area contributed by atoms with Gasteiger partial charge in [-0.15, -0.1) is 0 Å². The predicted octanol–water partition coefficient (Wildman–Crippen LogP) is 4.26. The zero-order valence-electron chi connectivity index (χ0n) is 21.3. The molecule has 7 nitrogen and oxygen atoms in total. The molecule has 0 amide bonds. The number of nitrogens with zero attached hydrogens (tertiary/aromatic N) is 2. The van der Waals surface area contributed by atoms with Crippen molar-refractivity contribution in [3.63, 3.8) is 0 Å². The Labute approximate surface area is 219 Å². The molecule has 200 valence electrons. The molecule has 38 heavy (non-hydrogen) atoms. The maximum atomic E-state index is 13.4. The van der Waals surface area contributed by atoms with Crippen LogP contribution < -0.4 is 15.7 Å². The summed E-state index contributed by atoms with van der Waals surface area (Å²) in [6, 6.07) is 12.7. The topological polar surface area (TPSA) is 119 Å². The van der Waals surface area contributed by atoms with Crippen molar-refractivity contribution in [1.82, 2.24) is 0 Å². The highest BCUT2D eigenvalue weighted by atomic mass is 28.3. The van der Waals surface area contributed by atoms with Crippen LogP contribution in [0.15, 0.2) is 71.2 Å². The maximum absolute atomic E-state index is 13.4. The second-order valence-electron chi connectivity index (χ2n) is 10.1. The summed E-state index contributed by atoms with van der Waals surface area (Å²) in [7, 11) is -1.60. The van der Waals surface area contributed by atoms with Crippen LogP contribution in [0.25, 0.3) is 0 Å². The SMILES string of the molecule is CC1=C(C(=O)[O-])C(c2ccc(C#N)cc2)C(C(=O)OCC[Si](C)(C)C)=C(N)N1c1cccc(C(F)(F)F)c1. The van der Waals surface area contributed by atoms with Crippen molar-refractivity contribution in [2.45, 2.75) is 44.7 Å². The van der Waals surface area contributed by atoms with E-state index in [0.29, 0.717) is 17.2 Å². The van der Waals surface area contributed by atoms with Crippen LogP contribution in [0.1, 0.15) is 29.5 Å². The number of carbonyl (C=O) groups excluding carboxylic acids is 2. The normalized spacial score (nSPS) is 16.4. The molecule has 0 bridgehead atoms. The van der Waals surface area contributed by atoms with E-state index in [1.54, 1.807) is 0 Å². The molecule has 1 unspecified atom stereocenters.